The van der Waals surface area contributed by atoms with Gasteiger partial charge in [0.05, 0.1) is 44.2 Å². The fourth-order valence-corrected chi connectivity index (χ4v) is 16.4. The molecule has 30 unspecified atom stereocenters. The van der Waals surface area contributed by atoms with Gasteiger partial charge in [0.1, 0.15) is 79.4 Å². The van der Waals surface area contributed by atoms with Crippen LogP contribution < -0.4 is 0 Å². The first kappa shape index (κ1) is 59.0. The molecule has 4 saturated carbocycles. The first-order chi connectivity index (χ1) is 35.4. The quantitative estimate of drug-likeness (QED) is 0.0797. The first-order valence-electron chi connectivity index (χ1n) is 27.3. The van der Waals surface area contributed by atoms with Crippen molar-refractivity contribution in [3.63, 3.8) is 0 Å². The van der Waals surface area contributed by atoms with Gasteiger partial charge in [0.2, 0.25) is 0 Å². The van der Waals surface area contributed by atoms with E-state index in [1.807, 2.05) is 20.8 Å². The van der Waals surface area contributed by atoms with Crippen LogP contribution in [0.25, 0.3) is 0 Å². The summed E-state index contributed by atoms with van der Waals surface area (Å²) in [6.45, 7) is 15.0. The van der Waals surface area contributed by atoms with Gasteiger partial charge in [-0.05, 0) is 97.7 Å². The van der Waals surface area contributed by atoms with Crippen LogP contribution in [0.15, 0.2) is 11.6 Å². The second-order valence-electron chi connectivity index (χ2n) is 26.0. The molecule has 9 rings (SSSR count). The highest BCUT2D eigenvalue weighted by Crippen LogP contribution is 2.76. The topological polar surface area (TPSA) is 374 Å². The molecule has 0 bridgehead atoms. The predicted molar refractivity (Wildman–Crippen MR) is 259 cm³/mol. The Morgan fingerprint density at radius 1 is 0.632 bits per heavy atom. The number of ether oxygens (including phenoxy) is 8. The second kappa shape index (κ2) is 21.0. The molecule has 5 aliphatic carbocycles. The third-order valence-corrected chi connectivity index (χ3v) is 21.4. The summed E-state index contributed by atoms with van der Waals surface area (Å²) in [6, 6.07) is 0. The van der Waals surface area contributed by atoms with Crippen LogP contribution >= 0.6 is 0 Å². The molecule has 23 heteroatoms. The number of rotatable bonds is 11. The Balaban J connectivity index is 0.984. The van der Waals surface area contributed by atoms with Gasteiger partial charge in [0, 0.05) is 10.8 Å². The summed E-state index contributed by atoms with van der Waals surface area (Å²) >= 11 is 0. The van der Waals surface area contributed by atoms with Gasteiger partial charge in [-0.15, -0.1) is 0 Å². The fourth-order valence-electron chi connectivity index (χ4n) is 16.4. The van der Waals surface area contributed by atoms with E-state index in [-0.39, 0.29) is 41.8 Å². The number of aliphatic hydroxyl groups excluding tert-OH is 13. The van der Waals surface area contributed by atoms with Crippen LogP contribution in [-0.2, 0) is 42.7 Å². The van der Waals surface area contributed by atoms with E-state index in [1.54, 1.807) is 0 Å². The molecular weight excluding hydrogens is 1000 g/mol. The first-order valence-corrected chi connectivity index (χ1v) is 27.3. The monoisotopic (exact) mass is 1090 g/mol. The number of fused-ring (bicyclic) bond motifs is 7. The summed E-state index contributed by atoms with van der Waals surface area (Å²) in [5.41, 5.74) is -1.89. The maximum Gasteiger partial charge on any atom is 0.335 e. The van der Waals surface area contributed by atoms with Crippen LogP contribution in [0.5, 0.6) is 0 Å². The number of hydrogen-bond acceptors (Lipinski definition) is 22. The van der Waals surface area contributed by atoms with E-state index >= 15 is 0 Å². The van der Waals surface area contributed by atoms with Crippen LogP contribution in [0.1, 0.15) is 107 Å². The van der Waals surface area contributed by atoms with E-state index in [0.717, 1.165) is 12.8 Å². The summed E-state index contributed by atoms with van der Waals surface area (Å²) in [4.78, 5) is 12.6. The summed E-state index contributed by atoms with van der Waals surface area (Å²) in [5, 5.41) is 153. The smallest absolute Gasteiger partial charge is 0.335 e. The zero-order valence-corrected chi connectivity index (χ0v) is 44.7. The maximum absolute atomic E-state index is 12.6. The molecule has 4 heterocycles. The van der Waals surface area contributed by atoms with E-state index in [9.17, 15) is 76.3 Å². The lowest BCUT2D eigenvalue weighted by Gasteiger charge is -2.72. The van der Waals surface area contributed by atoms with Crippen LogP contribution in [0.2, 0.25) is 0 Å². The molecule has 9 aliphatic rings. The number of carboxylic acid groups (broad SMARTS) is 1. The average molecular weight is 1090 g/mol. The van der Waals surface area contributed by atoms with Gasteiger partial charge in [-0.1, -0.05) is 60.1 Å². The van der Waals surface area contributed by atoms with Crippen molar-refractivity contribution in [2.45, 2.75) is 242 Å². The van der Waals surface area contributed by atoms with Crippen molar-refractivity contribution in [2.75, 3.05) is 19.8 Å². The summed E-state index contributed by atoms with van der Waals surface area (Å²) in [7, 11) is 0. The molecule has 0 aromatic rings. The van der Waals surface area contributed by atoms with E-state index in [2.05, 4.69) is 33.8 Å². The normalized spacial score (nSPS) is 56.3. The van der Waals surface area contributed by atoms with Gasteiger partial charge in [0.25, 0.3) is 0 Å². The van der Waals surface area contributed by atoms with Crippen molar-refractivity contribution < 1.29 is 114 Å². The van der Waals surface area contributed by atoms with Gasteiger partial charge in [-0.25, -0.2) is 4.79 Å². The molecule has 4 aliphatic heterocycles. The van der Waals surface area contributed by atoms with Crippen molar-refractivity contribution in [1.29, 1.82) is 0 Å². The van der Waals surface area contributed by atoms with Crippen molar-refractivity contribution in [3.8, 4) is 0 Å². The average Bonchev–Trinajstić information content (AvgIpc) is 3.39. The number of aliphatic carboxylic acids is 1. The molecule has 14 N–H and O–H groups in total. The molecule has 0 radical (unpaired) electrons. The predicted octanol–water partition coefficient (Wildman–Crippen LogP) is -1.86. The molecule has 0 aromatic heterocycles. The standard InChI is InChI=1S/C53H86O23/c1-21-29(57)32(60)37(65)45(70-21)74-39-33(61)31(59)25(18-54)71-46(39)75-40-35(63)34(62)38(43(67)68)73-47(40)72-28-12-13-50(5)26(51(28,6)20-55)11-14-53(8)27(50)10-9-22-23-17-48(2,3)41(66)42(49(23,4)15-16-52(22,53)7)76-44-36(64)30(58)24(56)19-69-44/h9,21,23-42,44-47,54-66H,10-20H2,1-8H3,(H,67,68). The van der Waals surface area contributed by atoms with E-state index < -0.39 is 169 Å². The highest BCUT2D eigenvalue weighted by molar-refractivity contribution is 5.73. The number of hydrogen-bond donors (Lipinski definition) is 14. The highest BCUT2D eigenvalue weighted by atomic mass is 16.8. The Morgan fingerprint density at radius 2 is 1.26 bits per heavy atom. The van der Waals surface area contributed by atoms with Crippen LogP contribution in [-0.4, -0.2) is 232 Å². The van der Waals surface area contributed by atoms with Crippen LogP contribution in [0.4, 0.5) is 0 Å². The van der Waals surface area contributed by atoms with Crippen molar-refractivity contribution in [3.05, 3.63) is 11.6 Å². The maximum atomic E-state index is 12.6. The Hall–Kier alpha value is -1.63. The van der Waals surface area contributed by atoms with E-state index in [1.165, 1.54) is 12.5 Å². The van der Waals surface area contributed by atoms with E-state index in [4.69, 9.17) is 37.9 Å². The lowest BCUT2D eigenvalue weighted by Crippen LogP contribution is -2.69. The number of carboxylic acids is 1. The molecular formula is C53H86O23. The number of carbonyl (C=O) groups is 1. The van der Waals surface area contributed by atoms with Gasteiger partial charge in [0.15, 0.2) is 31.3 Å². The number of allylic oxidation sites excluding steroid dienone is 2. The molecule has 0 spiro atoms. The SMILES string of the molecule is CC1OC(OC2C(OC3C(OC4CCC5(C)C(CCC6(C)C5CC=C5C7CC(C)(C)C(O)C(OC8OCC(O)C(O)C8O)C7(C)CCC56C)C4(C)CO)OC(C(=O)O)C(O)C3O)OC(CO)C(O)C2O)C(O)C(O)C1O. The molecule has 30 atom stereocenters. The summed E-state index contributed by atoms with van der Waals surface area (Å²) in [6.07, 6.45) is -27.4. The zero-order valence-electron chi connectivity index (χ0n) is 44.7. The van der Waals surface area contributed by atoms with Gasteiger partial charge in [-0.2, -0.15) is 0 Å². The van der Waals surface area contributed by atoms with Gasteiger partial charge < -0.3 is 109 Å². The minimum Gasteiger partial charge on any atom is -0.479 e. The Kier molecular flexibility index (Phi) is 16.3. The van der Waals surface area contributed by atoms with Crippen molar-refractivity contribution in [1.82, 2.24) is 0 Å². The highest BCUT2D eigenvalue weighted by Gasteiger charge is 2.71. The zero-order chi connectivity index (χ0) is 55.7. The summed E-state index contributed by atoms with van der Waals surface area (Å²) < 4.78 is 48.6. The van der Waals surface area contributed by atoms with Crippen molar-refractivity contribution in [2.24, 2.45) is 50.2 Å². The lowest BCUT2D eigenvalue weighted by atomic mass is 9.33. The Bertz CT molecular complexity index is 2120. The minimum atomic E-state index is -2.11. The fraction of sp³-hybridized carbons (Fsp3) is 0.943. The molecule has 436 valence electrons. The van der Waals surface area contributed by atoms with Crippen LogP contribution in [0.3, 0.4) is 0 Å². The molecule has 76 heavy (non-hydrogen) atoms. The molecule has 0 amide bonds. The third kappa shape index (κ3) is 9.18. The second-order valence-corrected chi connectivity index (χ2v) is 26.0. The lowest BCUT2D eigenvalue weighted by molar-refractivity contribution is -0.396. The Morgan fingerprint density at radius 3 is 1.91 bits per heavy atom. The molecule has 0 aromatic carbocycles. The Labute approximate surface area is 442 Å². The van der Waals surface area contributed by atoms with E-state index in [0.29, 0.717) is 38.5 Å². The molecule has 8 fully saturated rings. The van der Waals surface area contributed by atoms with Gasteiger partial charge >= 0.3 is 5.97 Å². The summed E-state index contributed by atoms with van der Waals surface area (Å²) in [5.74, 6) is -1.74. The number of aliphatic hydroxyl groups is 13. The van der Waals surface area contributed by atoms with Crippen molar-refractivity contribution >= 4 is 5.97 Å². The minimum absolute atomic E-state index is 0.0308. The third-order valence-electron chi connectivity index (χ3n) is 21.4. The van der Waals surface area contributed by atoms with Crippen LogP contribution in [0, 0.1) is 50.2 Å². The largest absolute Gasteiger partial charge is 0.479 e. The van der Waals surface area contributed by atoms with Gasteiger partial charge in [-0.3, -0.25) is 0 Å². The molecule has 4 saturated heterocycles. The molecule has 23 nitrogen and oxygen atoms in total.